The normalized spacial score (nSPS) is 40.0. The molecule has 116 valence electrons. The van der Waals surface area contributed by atoms with Gasteiger partial charge in [0.15, 0.2) is 0 Å². The van der Waals surface area contributed by atoms with E-state index in [-0.39, 0.29) is 0 Å². The van der Waals surface area contributed by atoms with Gasteiger partial charge >= 0.3 is 0 Å². The minimum atomic E-state index is -2.10. The number of allylic oxidation sites excluding steroid dienone is 4. The second-order valence-electron chi connectivity index (χ2n) is 7.48. The van der Waals surface area contributed by atoms with E-state index in [2.05, 4.69) is 18.1 Å². The van der Waals surface area contributed by atoms with Crippen LogP contribution in [0, 0.1) is 35.5 Å². The molecule has 0 heterocycles. The molecule has 22 heavy (non-hydrogen) atoms. The Morgan fingerprint density at radius 2 is 2.05 bits per heavy atom. The molecule has 0 amide bonds. The molecular formula is C20H24O2. The number of fused-ring (bicyclic) bond motifs is 5. The number of aliphatic hydroxyl groups is 2. The molecule has 0 aromatic rings. The predicted molar refractivity (Wildman–Crippen MR) is 86.5 cm³/mol. The van der Waals surface area contributed by atoms with Crippen LogP contribution in [-0.4, -0.2) is 16.0 Å². The van der Waals surface area contributed by atoms with E-state index in [4.69, 9.17) is 6.42 Å². The number of hydrogen-bond donors (Lipinski definition) is 2. The standard InChI is InChI=1S/C20H24O2/c1-2-20(21,22)19-12-5-8-18(19)17-10-9-14-6-3-4-7-15(14)16(17)11-13-19/h1,5,8,10,12,14-16,21-22H,3-4,6-7,9,11,13H2/t14?,15-,16+,19+/m0/s1. The second-order valence-corrected chi connectivity index (χ2v) is 7.48. The predicted octanol–water partition coefficient (Wildman–Crippen LogP) is 3.33. The van der Waals surface area contributed by atoms with Gasteiger partial charge in [-0.2, -0.15) is 0 Å². The summed E-state index contributed by atoms with van der Waals surface area (Å²) >= 11 is 0. The Morgan fingerprint density at radius 3 is 2.86 bits per heavy atom. The maximum Gasteiger partial charge on any atom is 0.242 e. The number of hydrogen-bond acceptors (Lipinski definition) is 2. The van der Waals surface area contributed by atoms with Gasteiger partial charge in [0, 0.05) is 0 Å². The van der Waals surface area contributed by atoms with Crippen molar-refractivity contribution in [2.45, 2.75) is 50.7 Å². The van der Waals surface area contributed by atoms with Crippen LogP contribution >= 0.6 is 0 Å². The molecule has 2 N–H and O–H groups in total. The van der Waals surface area contributed by atoms with E-state index in [0.29, 0.717) is 5.92 Å². The minimum absolute atomic E-state index is 0.590. The first-order chi connectivity index (χ1) is 10.6. The smallest absolute Gasteiger partial charge is 0.242 e. The fraction of sp³-hybridized carbons (Fsp3) is 0.600. The highest BCUT2D eigenvalue weighted by atomic mass is 16.5. The van der Waals surface area contributed by atoms with Crippen LogP contribution in [0.2, 0.25) is 0 Å². The molecule has 4 aliphatic carbocycles. The van der Waals surface area contributed by atoms with Crippen molar-refractivity contribution in [3.8, 4) is 12.3 Å². The molecule has 1 unspecified atom stereocenters. The van der Waals surface area contributed by atoms with E-state index in [0.717, 1.165) is 36.7 Å². The van der Waals surface area contributed by atoms with E-state index in [1.807, 2.05) is 12.2 Å². The molecule has 0 saturated heterocycles. The Balaban J connectivity index is 1.74. The van der Waals surface area contributed by atoms with Gasteiger partial charge < -0.3 is 10.2 Å². The van der Waals surface area contributed by atoms with Crippen molar-refractivity contribution in [3.63, 3.8) is 0 Å². The van der Waals surface area contributed by atoms with Crippen LogP contribution in [0.1, 0.15) is 44.9 Å². The highest BCUT2D eigenvalue weighted by Gasteiger charge is 2.56. The molecule has 0 spiro atoms. The highest BCUT2D eigenvalue weighted by molar-refractivity contribution is 5.53. The van der Waals surface area contributed by atoms with Gasteiger partial charge in [-0.3, -0.25) is 0 Å². The zero-order chi connectivity index (χ0) is 15.4. The van der Waals surface area contributed by atoms with Crippen molar-refractivity contribution in [1.29, 1.82) is 0 Å². The third-order valence-electron chi connectivity index (χ3n) is 6.63. The minimum Gasteiger partial charge on any atom is -0.355 e. The molecule has 4 atom stereocenters. The van der Waals surface area contributed by atoms with Crippen molar-refractivity contribution < 1.29 is 10.2 Å². The maximum atomic E-state index is 10.4. The third-order valence-corrected chi connectivity index (χ3v) is 6.63. The summed E-state index contributed by atoms with van der Waals surface area (Å²) in [6.45, 7) is 0. The molecule has 2 saturated carbocycles. The lowest BCUT2D eigenvalue weighted by Crippen LogP contribution is -2.50. The first kappa shape index (κ1) is 14.3. The van der Waals surface area contributed by atoms with E-state index < -0.39 is 11.2 Å². The van der Waals surface area contributed by atoms with Gasteiger partial charge in [-0.1, -0.05) is 37.1 Å². The zero-order valence-electron chi connectivity index (χ0n) is 13.0. The van der Waals surface area contributed by atoms with Gasteiger partial charge in [0.05, 0.1) is 5.41 Å². The summed E-state index contributed by atoms with van der Waals surface area (Å²) in [6, 6.07) is 0. The average molecular weight is 296 g/mol. The molecule has 0 aromatic carbocycles. The van der Waals surface area contributed by atoms with Gasteiger partial charge in [-0.05, 0) is 66.9 Å². The molecule has 4 aliphatic rings. The molecule has 0 radical (unpaired) electrons. The van der Waals surface area contributed by atoms with E-state index >= 15 is 0 Å². The molecule has 0 aliphatic heterocycles. The van der Waals surface area contributed by atoms with Gasteiger partial charge in [0.2, 0.25) is 5.79 Å². The lowest BCUT2D eigenvalue weighted by atomic mass is 9.55. The molecular weight excluding hydrogens is 272 g/mol. The van der Waals surface area contributed by atoms with Gasteiger partial charge in [0.1, 0.15) is 0 Å². The summed E-state index contributed by atoms with van der Waals surface area (Å²) in [5.41, 5.74) is 1.61. The van der Waals surface area contributed by atoms with Gasteiger partial charge in [0.25, 0.3) is 0 Å². The molecule has 4 rings (SSSR count). The Morgan fingerprint density at radius 1 is 1.23 bits per heavy atom. The Bertz CT molecular complexity index is 616. The van der Waals surface area contributed by atoms with Gasteiger partial charge in [-0.15, -0.1) is 6.42 Å². The Kier molecular flexibility index (Phi) is 3.15. The lowest BCUT2D eigenvalue weighted by molar-refractivity contribution is -0.173. The summed E-state index contributed by atoms with van der Waals surface area (Å²) in [5, 5.41) is 20.9. The quantitative estimate of drug-likeness (QED) is 0.575. The Hall–Kier alpha value is -1.30. The van der Waals surface area contributed by atoms with Crippen LogP contribution in [-0.2, 0) is 0 Å². The monoisotopic (exact) mass is 296 g/mol. The van der Waals surface area contributed by atoms with E-state index in [1.165, 1.54) is 31.3 Å². The molecule has 2 fully saturated rings. The third kappa shape index (κ3) is 1.76. The molecule has 0 bridgehead atoms. The highest BCUT2D eigenvalue weighted by Crippen LogP contribution is 2.59. The lowest BCUT2D eigenvalue weighted by Gasteiger charge is -2.51. The van der Waals surface area contributed by atoms with Crippen LogP contribution in [0.5, 0.6) is 0 Å². The molecule has 2 heteroatoms. The Labute approximate surface area is 132 Å². The maximum absolute atomic E-state index is 10.4. The SMILES string of the molecule is C#CC(O)(O)[C@@]12C=CC=C1C1=CCC3CCCC[C@@H]3[C@H]1CC2. The van der Waals surface area contributed by atoms with Crippen LogP contribution in [0.4, 0.5) is 0 Å². The van der Waals surface area contributed by atoms with Crippen LogP contribution in [0.3, 0.4) is 0 Å². The molecule has 0 aromatic heterocycles. The van der Waals surface area contributed by atoms with Crippen molar-refractivity contribution in [2.24, 2.45) is 23.2 Å². The van der Waals surface area contributed by atoms with Crippen molar-refractivity contribution in [1.82, 2.24) is 0 Å². The summed E-state index contributed by atoms with van der Waals surface area (Å²) in [4.78, 5) is 0. The van der Waals surface area contributed by atoms with Crippen LogP contribution < -0.4 is 0 Å². The fourth-order valence-electron chi connectivity index (χ4n) is 5.51. The number of rotatable bonds is 1. The zero-order valence-corrected chi connectivity index (χ0v) is 13.0. The van der Waals surface area contributed by atoms with E-state index in [9.17, 15) is 10.2 Å². The molecule has 2 nitrogen and oxygen atoms in total. The van der Waals surface area contributed by atoms with Crippen LogP contribution in [0.15, 0.2) is 35.5 Å². The largest absolute Gasteiger partial charge is 0.355 e. The van der Waals surface area contributed by atoms with Crippen molar-refractivity contribution in [2.75, 3.05) is 0 Å². The van der Waals surface area contributed by atoms with Gasteiger partial charge in [-0.25, -0.2) is 0 Å². The van der Waals surface area contributed by atoms with Crippen molar-refractivity contribution >= 4 is 0 Å². The first-order valence-electron chi connectivity index (χ1n) is 8.62. The number of terminal acetylenes is 1. The summed E-state index contributed by atoms with van der Waals surface area (Å²) in [6.07, 6.45) is 22.0. The second kappa shape index (κ2) is 4.85. The topological polar surface area (TPSA) is 40.5 Å². The first-order valence-corrected chi connectivity index (χ1v) is 8.62. The van der Waals surface area contributed by atoms with E-state index in [1.54, 1.807) is 0 Å². The van der Waals surface area contributed by atoms with Crippen molar-refractivity contribution in [3.05, 3.63) is 35.5 Å². The van der Waals surface area contributed by atoms with Crippen LogP contribution in [0.25, 0.3) is 0 Å². The average Bonchev–Trinajstić information content (AvgIpc) is 3.00. The summed E-state index contributed by atoms with van der Waals surface area (Å²) < 4.78 is 0. The fourth-order valence-corrected chi connectivity index (χ4v) is 5.51. The summed E-state index contributed by atoms with van der Waals surface area (Å²) in [5.74, 6) is 2.33. The summed E-state index contributed by atoms with van der Waals surface area (Å²) in [7, 11) is 0.